The molecule has 0 spiro atoms. The molecule has 1 aromatic rings. The minimum atomic E-state index is -4.58. The van der Waals surface area contributed by atoms with E-state index >= 15 is 0 Å². The number of aromatic nitrogens is 2. The van der Waals surface area contributed by atoms with Crippen LogP contribution in [0.25, 0.3) is 0 Å². The van der Waals surface area contributed by atoms with E-state index in [9.17, 15) is 18.0 Å². The maximum Gasteiger partial charge on any atom is 0.451 e. The van der Waals surface area contributed by atoms with Gasteiger partial charge in [-0.15, -0.1) is 0 Å². The Morgan fingerprint density at radius 2 is 1.72 bits per heavy atom. The molecule has 100 valence electrons. The van der Waals surface area contributed by atoms with Crippen LogP contribution in [0.5, 0.6) is 0 Å². The van der Waals surface area contributed by atoms with Crippen LogP contribution in [-0.4, -0.2) is 15.9 Å². The number of amides is 1. The Labute approximate surface area is 103 Å². The third-order valence-electron chi connectivity index (χ3n) is 1.88. The van der Waals surface area contributed by atoms with Gasteiger partial charge in [-0.25, -0.2) is 9.97 Å². The fourth-order valence-electron chi connectivity index (χ4n) is 1.23. The van der Waals surface area contributed by atoms with Crippen LogP contribution < -0.4 is 5.32 Å². The lowest BCUT2D eigenvalue weighted by molar-refractivity contribution is -0.144. The van der Waals surface area contributed by atoms with Crippen molar-refractivity contribution in [3.05, 3.63) is 18.2 Å². The molecule has 18 heavy (non-hydrogen) atoms. The van der Waals surface area contributed by atoms with Gasteiger partial charge in [0.2, 0.25) is 11.7 Å². The highest BCUT2D eigenvalue weighted by Gasteiger charge is 2.34. The lowest BCUT2D eigenvalue weighted by atomic mass is 9.92. The standard InChI is InChI=1S/C11H14F3N3O/c1-10(2,3)4-8(18)17-7-5-15-9(16-6-7)11(12,13)14/h5-6H,4H2,1-3H3,(H,17,18). The second kappa shape index (κ2) is 4.91. The molecule has 1 N–H and O–H groups in total. The average molecular weight is 261 g/mol. The van der Waals surface area contributed by atoms with E-state index in [1.807, 2.05) is 20.8 Å². The molecule has 7 heteroatoms. The third kappa shape index (κ3) is 4.68. The Morgan fingerprint density at radius 3 is 2.11 bits per heavy atom. The minimum absolute atomic E-state index is 0.150. The SMILES string of the molecule is CC(C)(C)CC(=O)Nc1cnc(C(F)(F)F)nc1. The number of hydrogen-bond donors (Lipinski definition) is 1. The second-order valence-corrected chi connectivity index (χ2v) is 5.08. The van der Waals surface area contributed by atoms with E-state index < -0.39 is 12.0 Å². The van der Waals surface area contributed by atoms with E-state index in [-0.39, 0.29) is 23.4 Å². The average Bonchev–Trinajstić information content (AvgIpc) is 2.13. The Hall–Kier alpha value is -1.66. The summed E-state index contributed by atoms with van der Waals surface area (Å²) in [5.41, 5.74) is -0.0473. The molecule has 0 unspecified atom stereocenters. The molecule has 1 aromatic heterocycles. The van der Waals surface area contributed by atoms with Gasteiger partial charge in [-0.05, 0) is 5.41 Å². The molecule has 1 rings (SSSR count). The number of halogens is 3. The first kappa shape index (κ1) is 14.4. The van der Waals surface area contributed by atoms with Gasteiger partial charge >= 0.3 is 6.18 Å². The normalized spacial score (nSPS) is 12.3. The number of alkyl halides is 3. The molecular formula is C11H14F3N3O. The summed E-state index contributed by atoms with van der Waals surface area (Å²) in [5.74, 6) is -1.51. The zero-order chi connectivity index (χ0) is 14.0. The van der Waals surface area contributed by atoms with Gasteiger partial charge in [-0.3, -0.25) is 4.79 Å². The number of carbonyl (C=O) groups is 1. The monoisotopic (exact) mass is 261 g/mol. The van der Waals surface area contributed by atoms with Crippen molar-refractivity contribution in [2.45, 2.75) is 33.4 Å². The van der Waals surface area contributed by atoms with E-state index in [1.165, 1.54) is 0 Å². The lowest BCUT2D eigenvalue weighted by Gasteiger charge is -2.17. The Bertz CT molecular complexity index is 421. The van der Waals surface area contributed by atoms with Crippen LogP contribution in [0.2, 0.25) is 0 Å². The largest absolute Gasteiger partial charge is 0.451 e. The zero-order valence-electron chi connectivity index (χ0n) is 10.3. The highest BCUT2D eigenvalue weighted by atomic mass is 19.4. The fraction of sp³-hybridized carbons (Fsp3) is 0.545. The van der Waals surface area contributed by atoms with Crippen LogP contribution in [-0.2, 0) is 11.0 Å². The molecule has 0 aliphatic carbocycles. The van der Waals surface area contributed by atoms with Crippen molar-refractivity contribution in [3.8, 4) is 0 Å². The van der Waals surface area contributed by atoms with Crippen LogP contribution in [0, 0.1) is 5.41 Å². The summed E-state index contributed by atoms with van der Waals surface area (Å²) in [7, 11) is 0. The third-order valence-corrected chi connectivity index (χ3v) is 1.88. The van der Waals surface area contributed by atoms with Crippen molar-refractivity contribution in [1.29, 1.82) is 0 Å². The molecule has 0 fully saturated rings. The van der Waals surface area contributed by atoms with Crippen molar-refractivity contribution < 1.29 is 18.0 Å². The van der Waals surface area contributed by atoms with Crippen LogP contribution in [0.4, 0.5) is 18.9 Å². The topological polar surface area (TPSA) is 54.9 Å². The fourth-order valence-corrected chi connectivity index (χ4v) is 1.23. The van der Waals surface area contributed by atoms with Crippen LogP contribution >= 0.6 is 0 Å². The van der Waals surface area contributed by atoms with E-state index in [2.05, 4.69) is 15.3 Å². The molecule has 0 aliphatic heterocycles. The minimum Gasteiger partial charge on any atom is -0.323 e. The molecular weight excluding hydrogens is 247 g/mol. The van der Waals surface area contributed by atoms with Crippen molar-refractivity contribution in [2.75, 3.05) is 5.32 Å². The molecule has 1 amide bonds. The highest BCUT2D eigenvalue weighted by molar-refractivity contribution is 5.90. The molecule has 0 bridgehead atoms. The van der Waals surface area contributed by atoms with Gasteiger partial charge in [-0.2, -0.15) is 13.2 Å². The number of carbonyl (C=O) groups excluding carboxylic acids is 1. The van der Waals surface area contributed by atoms with Gasteiger partial charge < -0.3 is 5.32 Å². The first-order valence-corrected chi connectivity index (χ1v) is 5.27. The molecule has 0 aliphatic rings. The number of anilines is 1. The van der Waals surface area contributed by atoms with Gasteiger partial charge in [0.25, 0.3) is 0 Å². The van der Waals surface area contributed by atoms with E-state index in [1.54, 1.807) is 0 Å². The van der Waals surface area contributed by atoms with Crippen molar-refractivity contribution in [3.63, 3.8) is 0 Å². The molecule has 1 heterocycles. The number of rotatable bonds is 2. The van der Waals surface area contributed by atoms with E-state index in [4.69, 9.17) is 0 Å². The number of hydrogen-bond acceptors (Lipinski definition) is 3. The van der Waals surface area contributed by atoms with E-state index in [0.717, 1.165) is 12.4 Å². The summed E-state index contributed by atoms with van der Waals surface area (Å²) in [6, 6.07) is 0. The quantitative estimate of drug-likeness (QED) is 0.890. The smallest absolute Gasteiger partial charge is 0.323 e. The number of nitrogens with zero attached hydrogens (tertiary/aromatic N) is 2. The Balaban J connectivity index is 2.67. The van der Waals surface area contributed by atoms with Gasteiger partial charge in [0.05, 0.1) is 18.1 Å². The van der Waals surface area contributed by atoms with Crippen molar-refractivity contribution in [1.82, 2.24) is 9.97 Å². The van der Waals surface area contributed by atoms with E-state index in [0.29, 0.717) is 0 Å². The highest BCUT2D eigenvalue weighted by Crippen LogP contribution is 2.26. The molecule has 0 aromatic carbocycles. The van der Waals surface area contributed by atoms with Crippen molar-refractivity contribution in [2.24, 2.45) is 5.41 Å². The number of nitrogens with one attached hydrogen (secondary N) is 1. The maximum absolute atomic E-state index is 12.2. The maximum atomic E-state index is 12.2. The van der Waals surface area contributed by atoms with Crippen LogP contribution in [0.1, 0.15) is 33.0 Å². The first-order chi connectivity index (χ1) is 8.08. The summed E-state index contributed by atoms with van der Waals surface area (Å²) in [5, 5.41) is 2.45. The van der Waals surface area contributed by atoms with Gasteiger partial charge in [0.1, 0.15) is 0 Å². The Kier molecular flexibility index (Phi) is 3.93. The van der Waals surface area contributed by atoms with Gasteiger partial charge in [0.15, 0.2) is 0 Å². The summed E-state index contributed by atoms with van der Waals surface area (Å²) < 4.78 is 36.6. The first-order valence-electron chi connectivity index (χ1n) is 5.27. The van der Waals surface area contributed by atoms with Crippen LogP contribution in [0.15, 0.2) is 12.4 Å². The Morgan fingerprint density at radius 1 is 1.22 bits per heavy atom. The van der Waals surface area contributed by atoms with Crippen LogP contribution in [0.3, 0.4) is 0 Å². The summed E-state index contributed by atoms with van der Waals surface area (Å²) in [4.78, 5) is 17.8. The summed E-state index contributed by atoms with van der Waals surface area (Å²) >= 11 is 0. The molecule has 4 nitrogen and oxygen atoms in total. The predicted octanol–water partition coefficient (Wildman–Crippen LogP) is 2.87. The predicted molar refractivity (Wildman–Crippen MR) is 59.7 cm³/mol. The molecule has 0 atom stereocenters. The van der Waals surface area contributed by atoms with Crippen molar-refractivity contribution >= 4 is 11.6 Å². The second-order valence-electron chi connectivity index (χ2n) is 5.08. The summed E-state index contributed by atoms with van der Waals surface area (Å²) in [6.45, 7) is 5.65. The lowest BCUT2D eigenvalue weighted by Crippen LogP contribution is -2.20. The molecule has 0 saturated heterocycles. The van der Waals surface area contributed by atoms with Gasteiger partial charge in [0, 0.05) is 6.42 Å². The van der Waals surface area contributed by atoms with Gasteiger partial charge in [-0.1, -0.05) is 20.8 Å². The molecule has 0 radical (unpaired) electrons. The summed E-state index contributed by atoms with van der Waals surface area (Å²) in [6.07, 6.45) is -2.44. The zero-order valence-corrected chi connectivity index (χ0v) is 10.3. The molecule has 0 saturated carbocycles.